The Kier molecular flexibility index (Phi) is 3.60. The summed E-state index contributed by atoms with van der Waals surface area (Å²) in [7, 11) is 0. The first-order valence-electron chi connectivity index (χ1n) is 6.97. The zero-order valence-electron chi connectivity index (χ0n) is 11.3. The van der Waals surface area contributed by atoms with Crippen LogP contribution in [0.4, 0.5) is 0 Å². The van der Waals surface area contributed by atoms with Crippen molar-refractivity contribution in [3.63, 3.8) is 0 Å². The molecule has 1 N–H and O–H groups in total. The van der Waals surface area contributed by atoms with E-state index in [1.165, 1.54) is 24.0 Å². The van der Waals surface area contributed by atoms with Gasteiger partial charge in [0.2, 0.25) is 0 Å². The van der Waals surface area contributed by atoms with E-state index >= 15 is 0 Å². The predicted molar refractivity (Wildman–Crippen MR) is 75.1 cm³/mol. The third-order valence-electron chi connectivity index (χ3n) is 3.78. The zero-order valence-corrected chi connectivity index (χ0v) is 11.3. The van der Waals surface area contributed by atoms with Gasteiger partial charge < -0.3 is 5.32 Å². The van der Waals surface area contributed by atoms with E-state index in [2.05, 4.69) is 53.0 Å². The molecule has 0 amide bonds. The van der Waals surface area contributed by atoms with Crippen molar-refractivity contribution in [2.75, 3.05) is 13.1 Å². The highest BCUT2D eigenvalue weighted by Gasteiger charge is 2.18. The quantitative estimate of drug-likeness (QED) is 0.914. The van der Waals surface area contributed by atoms with Crippen LogP contribution in [0.15, 0.2) is 30.5 Å². The normalized spacial score (nSPS) is 16.7. The molecule has 19 heavy (non-hydrogen) atoms. The lowest BCUT2D eigenvalue weighted by molar-refractivity contribution is 0.453. The van der Waals surface area contributed by atoms with Crippen molar-refractivity contribution >= 4 is 0 Å². The SMILES string of the molecule is Cc1ccc(Cn2cc(C3CCNCC3)nn2)cc1. The van der Waals surface area contributed by atoms with Gasteiger partial charge in [0.05, 0.1) is 12.2 Å². The van der Waals surface area contributed by atoms with Gasteiger partial charge in [-0.2, -0.15) is 0 Å². The van der Waals surface area contributed by atoms with Crippen molar-refractivity contribution in [1.29, 1.82) is 0 Å². The highest BCUT2D eigenvalue weighted by atomic mass is 15.4. The van der Waals surface area contributed by atoms with E-state index in [4.69, 9.17) is 0 Å². The Morgan fingerprint density at radius 3 is 2.68 bits per heavy atom. The van der Waals surface area contributed by atoms with Crippen molar-refractivity contribution < 1.29 is 0 Å². The number of piperidine rings is 1. The predicted octanol–water partition coefficient (Wildman–Crippen LogP) is 2.10. The van der Waals surface area contributed by atoms with Crippen molar-refractivity contribution in [1.82, 2.24) is 20.3 Å². The van der Waals surface area contributed by atoms with Crippen LogP contribution in [-0.2, 0) is 6.54 Å². The fraction of sp³-hybridized carbons (Fsp3) is 0.467. The van der Waals surface area contributed by atoms with E-state index in [1.807, 2.05) is 4.68 Å². The Bertz CT molecular complexity index is 523. The van der Waals surface area contributed by atoms with E-state index in [-0.39, 0.29) is 0 Å². The van der Waals surface area contributed by atoms with Gasteiger partial charge in [-0.25, -0.2) is 4.68 Å². The number of aromatic nitrogens is 3. The number of hydrogen-bond acceptors (Lipinski definition) is 3. The summed E-state index contributed by atoms with van der Waals surface area (Å²) in [5.41, 5.74) is 3.71. The summed E-state index contributed by atoms with van der Waals surface area (Å²) in [4.78, 5) is 0. The van der Waals surface area contributed by atoms with Crippen LogP contribution < -0.4 is 5.32 Å². The lowest BCUT2D eigenvalue weighted by Crippen LogP contribution is -2.26. The molecule has 1 aliphatic rings. The molecule has 4 heteroatoms. The van der Waals surface area contributed by atoms with Crippen molar-refractivity contribution in [2.45, 2.75) is 32.2 Å². The summed E-state index contributed by atoms with van der Waals surface area (Å²) in [5, 5.41) is 12.0. The summed E-state index contributed by atoms with van der Waals surface area (Å²) in [6.45, 7) is 5.09. The van der Waals surface area contributed by atoms with Crippen LogP contribution in [-0.4, -0.2) is 28.1 Å². The minimum atomic E-state index is 0.577. The van der Waals surface area contributed by atoms with Crippen LogP contribution in [0.5, 0.6) is 0 Å². The first-order chi connectivity index (χ1) is 9.31. The third kappa shape index (κ3) is 3.01. The van der Waals surface area contributed by atoms with Gasteiger partial charge in [0.25, 0.3) is 0 Å². The first kappa shape index (κ1) is 12.4. The average molecular weight is 256 g/mol. The van der Waals surface area contributed by atoms with Gasteiger partial charge in [0.1, 0.15) is 0 Å². The van der Waals surface area contributed by atoms with Crippen molar-refractivity contribution in [3.05, 3.63) is 47.3 Å². The molecule has 2 aromatic rings. The molecule has 3 rings (SSSR count). The second-order valence-electron chi connectivity index (χ2n) is 5.35. The second kappa shape index (κ2) is 5.53. The van der Waals surface area contributed by atoms with Gasteiger partial charge in [-0.05, 0) is 38.4 Å². The first-order valence-corrected chi connectivity index (χ1v) is 6.97. The number of aryl methyl sites for hydroxylation is 1. The van der Waals surface area contributed by atoms with Gasteiger partial charge >= 0.3 is 0 Å². The molecule has 2 heterocycles. The fourth-order valence-electron chi connectivity index (χ4n) is 2.58. The molecule has 0 bridgehead atoms. The molecule has 4 nitrogen and oxygen atoms in total. The Morgan fingerprint density at radius 2 is 1.95 bits per heavy atom. The topological polar surface area (TPSA) is 42.7 Å². The molecule has 0 unspecified atom stereocenters. The van der Waals surface area contributed by atoms with Crippen LogP contribution in [0.25, 0.3) is 0 Å². The molecule has 0 radical (unpaired) electrons. The molecule has 0 aliphatic carbocycles. The second-order valence-corrected chi connectivity index (χ2v) is 5.35. The molecule has 1 aromatic heterocycles. The highest BCUT2D eigenvalue weighted by Crippen LogP contribution is 2.22. The van der Waals surface area contributed by atoms with E-state index in [0.29, 0.717) is 5.92 Å². The molecule has 1 aliphatic heterocycles. The molecule has 0 atom stereocenters. The van der Waals surface area contributed by atoms with E-state index in [9.17, 15) is 0 Å². The molecule has 1 aromatic carbocycles. The van der Waals surface area contributed by atoms with Gasteiger partial charge in [-0.15, -0.1) is 5.10 Å². The van der Waals surface area contributed by atoms with Crippen LogP contribution in [0.1, 0.15) is 35.6 Å². The molecular weight excluding hydrogens is 236 g/mol. The average Bonchev–Trinajstić information content (AvgIpc) is 2.91. The maximum atomic E-state index is 4.34. The van der Waals surface area contributed by atoms with Gasteiger partial charge in [-0.3, -0.25) is 0 Å². The number of rotatable bonds is 3. The summed E-state index contributed by atoms with van der Waals surface area (Å²) < 4.78 is 1.95. The Morgan fingerprint density at radius 1 is 1.21 bits per heavy atom. The molecule has 1 saturated heterocycles. The standard InChI is InChI=1S/C15H20N4/c1-12-2-4-13(5-3-12)10-19-11-15(17-18-19)14-6-8-16-9-7-14/h2-5,11,14,16H,6-10H2,1H3. The smallest absolute Gasteiger partial charge is 0.0859 e. The fourth-order valence-corrected chi connectivity index (χ4v) is 2.58. The number of benzene rings is 1. The monoisotopic (exact) mass is 256 g/mol. The zero-order chi connectivity index (χ0) is 13.1. The van der Waals surface area contributed by atoms with Gasteiger partial charge in [0.15, 0.2) is 0 Å². The summed E-state index contributed by atoms with van der Waals surface area (Å²) >= 11 is 0. The molecule has 100 valence electrons. The number of nitrogens with zero attached hydrogens (tertiary/aromatic N) is 3. The Balaban J connectivity index is 1.68. The van der Waals surface area contributed by atoms with E-state index in [0.717, 1.165) is 25.3 Å². The van der Waals surface area contributed by atoms with E-state index < -0.39 is 0 Å². The summed E-state index contributed by atoms with van der Waals surface area (Å²) in [6.07, 6.45) is 4.45. The van der Waals surface area contributed by atoms with E-state index in [1.54, 1.807) is 0 Å². The summed E-state index contributed by atoms with van der Waals surface area (Å²) in [6, 6.07) is 8.59. The molecule has 0 saturated carbocycles. The molecule has 0 spiro atoms. The summed E-state index contributed by atoms with van der Waals surface area (Å²) in [5.74, 6) is 0.577. The number of nitrogens with one attached hydrogen (secondary N) is 1. The van der Waals surface area contributed by atoms with Crippen molar-refractivity contribution in [3.8, 4) is 0 Å². The van der Waals surface area contributed by atoms with Crippen LogP contribution in [0, 0.1) is 6.92 Å². The van der Waals surface area contributed by atoms with Crippen LogP contribution >= 0.6 is 0 Å². The lowest BCUT2D eigenvalue weighted by atomic mass is 9.95. The highest BCUT2D eigenvalue weighted by molar-refractivity contribution is 5.21. The van der Waals surface area contributed by atoms with Gasteiger partial charge in [0, 0.05) is 12.1 Å². The third-order valence-corrected chi connectivity index (χ3v) is 3.78. The lowest BCUT2D eigenvalue weighted by Gasteiger charge is -2.20. The van der Waals surface area contributed by atoms with Crippen molar-refractivity contribution in [2.24, 2.45) is 0 Å². The minimum Gasteiger partial charge on any atom is -0.317 e. The molecular formula is C15H20N4. The number of hydrogen-bond donors (Lipinski definition) is 1. The minimum absolute atomic E-state index is 0.577. The van der Waals surface area contributed by atoms with Crippen LogP contribution in [0.3, 0.4) is 0 Å². The molecule has 1 fully saturated rings. The Hall–Kier alpha value is -1.68. The van der Waals surface area contributed by atoms with Gasteiger partial charge in [-0.1, -0.05) is 35.0 Å². The Labute approximate surface area is 113 Å². The maximum absolute atomic E-state index is 4.34. The maximum Gasteiger partial charge on any atom is 0.0859 e. The largest absolute Gasteiger partial charge is 0.317 e. The van der Waals surface area contributed by atoms with Crippen LogP contribution in [0.2, 0.25) is 0 Å².